The van der Waals surface area contributed by atoms with Crippen LogP contribution in [0.2, 0.25) is 5.02 Å². The summed E-state index contributed by atoms with van der Waals surface area (Å²) in [6, 6.07) is 1.80. The lowest BCUT2D eigenvalue weighted by atomic mass is 10.0. The topological polar surface area (TPSA) is 44.5 Å². The van der Waals surface area contributed by atoms with Crippen LogP contribution in [0.1, 0.15) is 24.1 Å². The molecule has 0 amide bonds. The highest BCUT2D eigenvalue weighted by Gasteiger charge is 2.21. The molecule has 1 aliphatic rings. The van der Waals surface area contributed by atoms with Gasteiger partial charge in [-0.15, -0.1) is 0 Å². The van der Waals surface area contributed by atoms with Crippen LogP contribution in [0.4, 0.5) is 0 Å². The van der Waals surface area contributed by atoms with Crippen LogP contribution in [-0.4, -0.2) is 13.2 Å². The number of fused-ring (bicyclic) bond motifs is 1. The van der Waals surface area contributed by atoms with Crippen LogP contribution in [0.3, 0.4) is 0 Å². The van der Waals surface area contributed by atoms with E-state index in [1.54, 1.807) is 0 Å². The predicted molar refractivity (Wildman–Crippen MR) is 59.8 cm³/mol. The Hall–Kier alpha value is -0.930. The number of benzene rings is 1. The third-order valence-corrected chi connectivity index (χ3v) is 2.83. The highest BCUT2D eigenvalue weighted by Crippen LogP contribution is 2.42. The second kappa shape index (κ2) is 3.91. The first kappa shape index (κ1) is 10.6. The molecular weight excluding hydrogens is 214 g/mol. The zero-order chi connectivity index (χ0) is 11.0. The third-order valence-electron chi connectivity index (χ3n) is 2.55. The fourth-order valence-electron chi connectivity index (χ4n) is 1.79. The van der Waals surface area contributed by atoms with Crippen molar-refractivity contribution in [1.29, 1.82) is 0 Å². The second-order valence-corrected chi connectivity index (χ2v) is 4.12. The SMILES string of the molecule is Cc1c(C(C)N)cc(Cl)c2c1OCCO2. The van der Waals surface area contributed by atoms with Crippen molar-refractivity contribution in [3.05, 3.63) is 22.2 Å². The molecule has 82 valence electrons. The minimum absolute atomic E-state index is 0.0571. The van der Waals surface area contributed by atoms with E-state index in [4.69, 9.17) is 26.8 Å². The van der Waals surface area contributed by atoms with Crippen LogP contribution in [0.25, 0.3) is 0 Å². The summed E-state index contributed by atoms with van der Waals surface area (Å²) in [7, 11) is 0. The molecule has 1 atom stereocenters. The van der Waals surface area contributed by atoms with Gasteiger partial charge in [-0.3, -0.25) is 0 Å². The first-order valence-corrected chi connectivity index (χ1v) is 5.33. The quantitative estimate of drug-likeness (QED) is 0.802. The fourth-order valence-corrected chi connectivity index (χ4v) is 2.05. The Morgan fingerprint density at radius 1 is 1.33 bits per heavy atom. The van der Waals surface area contributed by atoms with Gasteiger partial charge in [-0.05, 0) is 31.0 Å². The summed E-state index contributed by atoms with van der Waals surface area (Å²) in [5.74, 6) is 1.38. The second-order valence-electron chi connectivity index (χ2n) is 3.72. The van der Waals surface area contributed by atoms with E-state index in [0.29, 0.717) is 24.0 Å². The monoisotopic (exact) mass is 227 g/mol. The van der Waals surface area contributed by atoms with Crippen LogP contribution >= 0.6 is 11.6 Å². The standard InChI is InChI=1S/C11H14ClNO2/c1-6-8(7(2)13)5-9(12)11-10(6)14-3-4-15-11/h5,7H,3-4,13H2,1-2H3. The fraction of sp³-hybridized carbons (Fsp3) is 0.455. The molecule has 0 aromatic heterocycles. The summed E-state index contributed by atoms with van der Waals surface area (Å²) in [5.41, 5.74) is 7.88. The average Bonchev–Trinajstić information content (AvgIpc) is 2.23. The zero-order valence-corrected chi connectivity index (χ0v) is 9.60. The van der Waals surface area contributed by atoms with E-state index in [1.165, 1.54) is 0 Å². The van der Waals surface area contributed by atoms with Gasteiger partial charge in [0, 0.05) is 6.04 Å². The number of hydrogen-bond donors (Lipinski definition) is 1. The molecule has 0 aliphatic carbocycles. The highest BCUT2D eigenvalue weighted by atomic mass is 35.5. The van der Waals surface area contributed by atoms with Crippen LogP contribution < -0.4 is 15.2 Å². The van der Waals surface area contributed by atoms with Gasteiger partial charge in [0.2, 0.25) is 0 Å². The van der Waals surface area contributed by atoms with Crippen molar-refractivity contribution in [2.75, 3.05) is 13.2 Å². The lowest BCUT2D eigenvalue weighted by molar-refractivity contribution is 0.170. The molecule has 3 nitrogen and oxygen atoms in total. The molecule has 1 aromatic carbocycles. The zero-order valence-electron chi connectivity index (χ0n) is 8.84. The lowest BCUT2D eigenvalue weighted by Crippen LogP contribution is -2.18. The van der Waals surface area contributed by atoms with E-state index in [0.717, 1.165) is 16.9 Å². The Balaban J connectivity index is 2.59. The van der Waals surface area contributed by atoms with Gasteiger partial charge in [0.1, 0.15) is 13.2 Å². The van der Waals surface area contributed by atoms with Gasteiger partial charge < -0.3 is 15.2 Å². The van der Waals surface area contributed by atoms with Crippen molar-refractivity contribution in [1.82, 2.24) is 0 Å². The predicted octanol–water partition coefficient (Wildman–Crippen LogP) is 2.44. The Morgan fingerprint density at radius 3 is 2.53 bits per heavy atom. The Bertz CT molecular complexity index is 391. The molecule has 2 N–H and O–H groups in total. The van der Waals surface area contributed by atoms with Gasteiger partial charge in [0.15, 0.2) is 11.5 Å². The van der Waals surface area contributed by atoms with Gasteiger partial charge >= 0.3 is 0 Å². The minimum atomic E-state index is -0.0571. The summed E-state index contributed by atoms with van der Waals surface area (Å²) in [6.07, 6.45) is 0. The molecule has 1 aromatic rings. The molecule has 0 bridgehead atoms. The lowest BCUT2D eigenvalue weighted by Gasteiger charge is -2.23. The molecule has 2 rings (SSSR count). The first-order valence-electron chi connectivity index (χ1n) is 4.95. The van der Waals surface area contributed by atoms with Crippen molar-refractivity contribution >= 4 is 11.6 Å². The van der Waals surface area contributed by atoms with Crippen LogP contribution in [-0.2, 0) is 0 Å². The van der Waals surface area contributed by atoms with Crippen molar-refractivity contribution < 1.29 is 9.47 Å². The summed E-state index contributed by atoms with van der Waals surface area (Å²) in [4.78, 5) is 0. The summed E-state index contributed by atoms with van der Waals surface area (Å²) >= 11 is 6.10. The van der Waals surface area contributed by atoms with Crippen LogP contribution in [0.5, 0.6) is 11.5 Å². The molecular formula is C11H14ClNO2. The van der Waals surface area contributed by atoms with Crippen LogP contribution in [0, 0.1) is 6.92 Å². The molecule has 0 fully saturated rings. The summed E-state index contributed by atoms with van der Waals surface area (Å²) < 4.78 is 11.0. The van der Waals surface area contributed by atoms with E-state index in [-0.39, 0.29) is 6.04 Å². The third kappa shape index (κ3) is 1.77. The van der Waals surface area contributed by atoms with E-state index < -0.39 is 0 Å². The maximum atomic E-state index is 6.10. The van der Waals surface area contributed by atoms with E-state index >= 15 is 0 Å². The van der Waals surface area contributed by atoms with E-state index in [1.807, 2.05) is 19.9 Å². The molecule has 1 heterocycles. The molecule has 0 radical (unpaired) electrons. The molecule has 0 saturated carbocycles. The van der Waals surface area contributed by atoms with Gasteiger partial charge in [-0.2, -0.15) is 0 Å². The molecule has 0 saturated heterocycles. The first-order chi connectivity index (χ1) is 7.11. The molecule has 4 heteroatoms. The van der Waals surface area contributed by atoms with Crippen molar-refractivity contribution in [3.8, 4) is 11.5 Å². The number of hydrogen-bond acceptors (Lipinski definition) is 3. The molecule has 0 spiro atoms. The van der Waals surface area contributed by atoms with Crippen molar-refractivity contribution in [2.24, 2.45) is 5.73 Å². The van der Waals surface area contributed by atoms with E-state index in [2.05, 4.69) is 0 Å². The van der Waals surface area contributed by atoms with Crippen molar-refractivity contribution in [3.63, 3.8) is 0 Å². The molecule has 1 unspecified atom stereocenters. The number of rotatable bonds is 1. The van der Waals surface area contributed by atoms with Gasteiger partial charge in [-0.1, -0.05) is 11.6 Å². The maximum Gasteiger partial charge on any atom is 0.180 e. The largest absolute Gasteiger partial charge is 0.486 e. The summed E-state index contributed by atoms with van der Waals surface area (Å²) in [6.45, 7) is 5.01. The highest BCUT2D eigenvalue weighted by molar-refractivity contribution is 6.32. The van der Waals surface area contributed by atoms with E-state index in [9.17, 15) is 0 Å². The molecule has 1 aliphatic heterocycles. The number of halogens is 1. The summed E-state index contributed by atoms with van der Waals surface area (Å²) in [5, 5.41) is 0.572. The van der Waals surface area contributed by atoms with Crippen LogP contribution in [0.15, 0.2) is 6.07 Å². The average molecular weight is 228 g/mol. The smallest absolute Gasteiger partial charge is 0.180 e. The molecule has 15 heavy (non-hydrogen) atoms. The minimum Gasteiger partial charge on any atom is -0.486 e. The Labute approximate surface area is 94.1 Å². The normalized spacial score (nSPS) is 16.3. The maximum absolute atomic E-state index is 6.10. The number of nitrogens with two attached hydrogens (primary N) is 1. The van der Waals surface area contributed by atoms with Crippen molar-refractivity contribution in [2.45, 2.75) is 19.9 Å². The number of ether oxygens (including phenoxy) is 2. The van der Waals surface area contributed by atoms with Gasteiger partial charge in [-0.25, -0.2) is 0 Å². The Kier molecular flexibility index (Phi) is 2.76. The van der Waals surface area contributed by atoms with Gasteiger partial charge in [0.25, 0.3) is 0 Å². The van der Waals surface area contributed by atoms with Gasteiger partial charge in [0.05, 0.1) is 5.02 Å². The Morgan fingerprint density at radius 2 is 1.93 bits per heavy atom.